The van der Waals surface area contributed by atoms with Crippen molar-refractivity contribution in [3.63, 3.8) is 0 Å². The van der Waals surface area contributed by atoms with E-state index in [4.69, 9.17) is 9.72 Å². The van der Waals surface area contributed by atoms with Crippen molar-refractivity contribution in [3.05, 3.63) is 60.8 Å². The van der Waals surface area contributed by atoms with Gasteiger partial charge in [-0.05, 0) is 55.7 Å². The molecule has 10 nitrogen and oxygen atoms in total. The Morgan fingerprint density at radius 3 is 2.70 bits per heavy atom. The predicted molar refractivity (Wildman–Crippen MR) is 140 cm³/mol. The number of aryl methyl sites for hydroxylation is 2. The van der Waals surface area contributed by atoms with Crippen molar-refractivity contribution in [2.45, 2.75) is 25.9 Å². The Bertz CT molecular complexity index is 1650. The molecule has 1 aliphatic carbocycles. The van der Waals surface area contributed by atoms with Gasteiger partial charge in [0.2, 0.25) is 5.95 Å². The van der Waals surface area contributed by atoms with Crippen molar-refractivity contribution in [1.82, 2.24) is 29.5 Å². The van der Waals surface area contributed by atoms with E-state index in [1.165, 1.54) is 6.33 Å². The molecule has 1 saturated carbocycles. The van der Waals surface area contributed by atoms with Gasteiger partial charge in [-0.2, -0.15) is 0 Å². The number of ether oxygens (including phenoxy) is 1. The Morgan fingerprint density at radius 1 is 1.03 bits per heavy atom. The van der Waals surface area contributed by atoms with Crippen molar-refractivity contribution >= 4 is 39.5 Å². The van der Waals surface area contributed by atoms with Gasteiger partial charge in [-0.25, -0.2) is 24.9 Å². The predicted octanol–water partition coefficient (Wildman–Crippen LogP) is 4.11. The van der Waals surface area contributed by atoms with E-state index in [-0.39, 0.29) is 11.5 Å². The van der Waals surface area contributed by atoms with Gasteiger partial charge < -0.3 is 24.6 Å². The number of imidazole rings is 1. The van der Waals surface area contributed by atoms with Gasteiger partial charge >= 0.3 is 0 Å². The minimum absolute atomic E-state index is 0.159. The third kappa shape index (κ3) is 3.80. The van der Waals surface area contributed by atoms with Crippen LogP contribution < -0.4 is 15.0 Å². The summed E-state index contributed by atoms with van der Waals surface area (Å²) < 4.78 is 8.14. The van der Waals surface area contributed by atoms with Crippen LogP contribution in [0, 0.1) is 12.3 Å². The van der Waals surface area contributed by atoms with Crippen molar-refractivity contribution < 1.29 is 9.84 Å². The van der Waals surface area contributed by atoms with Crippen LogP contribution >= 0.6 is 0 Å². The molecule has 3 aromatic heterocycles. The molecule has 186 valence electrons. The molecule has 2 aromatic carbocycles. The normalized spacial score (nSPS) is 16.7. The molecule has 4 heterocycles. The lowest BCUT2D eigenvalue weighted by atomic mass is 9.62. The van der Waals surface area contributed by atoms with E-state index in [1.807, 2.05) is 54.9 Å². The van der Waals surface area contributed by atoms with Gasteiger partial charge in [-0.15, -0.1) is 0 Å². The van der Waals surface area contributed by atoms with Crippen LogP contribution in [0.1, 0.15) is 18.4 Å². The maximum atomic E-state index is 9.69. The summed E-state index contributed by atoms with van der Waals surface area (Å²) in [7, 11) is 1.97. The molecule has 1 saturated heterocycles. The van der Waals surface area contributed by atoms with Crippen LogP contribution in [0.3, 0.4) is 0 Å². The summed E-state index contributed by atoms with van der Waals surface area (Å²) in [6.07, 6.45) is 6.62. The number of fused-ring (bicyclic) bond motifs is 2. The molecule has 0 radical (unpaired) electrons. The molecule has 7 rings (SSSR count). The second kappa shape index (κ2) is 8.10. The molecule has 2 N–H and O–H groups in total. The Labute approximate surface area is 213 Å². The van der Waals surface area contributed by atoms with Gasteiger partial charge in [0.1, 0.15) is 28.9 Å². The first-order valence-corrected chi connectivity index (χ1v) is 12.3. The number of rotatable bonds is 5. The number of benzene rings is 2. The minimum Gasteiger partial charge on any atom is -0.457 e. The molecule has 2 fully saturated rings. The number of hydrogen-bond acceptors (Lipinski definition) is 9. The van der Waals surface area contributed by atoms with Crippen LogP contribution in [0.5, 0.6) is 11.5 Å². The second-order valence-electron chi connectivity index (χ2n) is 10.3. The molecular weight excluding hydrogens is 468 g/mol. The Balaban J connectivity index is 1.11. The van der Waals surface area contributed by atoms with Crippen molar-refractivity contribution in [1.29, 1.82) is 0 Å². The first-order chi connectivity index (χ1) is 17.9. The number of nitrogens with zero attached hydrogens (tertiary/aromatic N) is 7. The maximum absolute atomic E-state index is 9.69. The summed E-state index contributed by atoms with van der Waals surface area (Å²) in [4.78, 5) is 24.7. The first kappa shape index (κ1) is 21.9. The van der Waals surface area contributed by atoms with Crippen molar-refractivity contribution in [2.24, 2.45) is 12.5 Å². The van der Waals surface area contributed by atoms with Gasteiger partial charge in [0.05, 0.1) is 29.7 Å². The van der Waals surface area contributed by atoms with Gasteiger partial charge in [0.25, 0.3) is 0 Å². The molecule has 0 unspecified atom stereocenters. The smallest absolute Gasteiger partial charge is 0.226 e. The van der Waals surface area contributed by atoms with Crippen molar-refractivity contribution in [2.75, 3.05) is 23.3 Å². The zero-order valence-electron chi connectivity index (χ0n) is 20.6. The van der Waals surface area contributed by atoms with E-state index < -0.39 is 0 Å². The topological polar surface area (TPSA) is 114 Å². The Hall–Kier alpha value is -4.31. The summed E-state index contributed by atoms with van der Waals surface area (Å²) >= 11 is 0. The number of aliphatic hydroxyl groups excluding tert-OH is 1. The summed E-state index contributed by atoms with van der Waals surface area (Å²) in [5.74, 6) is 2.80. The van der Waals surface area contributed by atoms with Gasteiger partial charge in [-0.3, -0.25) is 0 Å². The summed E-state index contributed by atoms with van der Waals surface area (Å²) in [5.41, 5.74) is 5.39. The van der Waals surface area contributed by atoms with Gasteiger partial charge in [0, 0.05) is 37.3 Å². The summed E-state index contributed by atoms with van der Waals surface area (Å²) in [5, 5.41) is 13.1. The van der Waals surface area contributed by atoms with Crippen LogP contribution in [0.15, 0.2) is 55.2 Å². The van der Waals surface area contributed by atoms with Crippen LogP contribution in [0.4, 0.5) is 17.5 Å². The number of nitrogens with one attached hydrogen (secondary N) is 1. The fraction of sp³-hybridized carbons (Fsp3) is 0.296. The third-order valence-electron chi connectivity index (χ3n) is 7.40. The average Bonchev–Trinajstić information content (AvgIpc) is 3.22. The number of hydrogen-bond donors (Lipinski definition) is 2. The maximum Gasteiger partial charge on any atom is 0.226 e. The molecule has 0 bridgehead atoms. The highest BCUT2D eigenvalue weighted by atomic mass is 16.5. The highest BCUT2D eigenvalue weighted by Gasteiger charge is 2.52. The SMILES string of the molecule is Cc1cc(Nc2ncnc3cnc(N4CC5(CC(O)C5)C4)nc23)ccc1Oc1ccc2c(c1)ncn2C. The van der Waals surface area contributed by atoms with E-state index in [0.29, 0.717) is 22.8 Å². The lowest BCUT2D eigenvalue weighted by Crippen LogP contribution is -2.64. The average molecular weight is 495 g/mol. The van der Waals surface area contributed by atoms with Crippen LogP contribution in [-0.2, 0) is 7.05 Å². The Kier molecular flexibility index (Phi) is 4.80. The lowest BCUT2D eigenvalue weighted by molar-refractivity contribution is -0.0497. The molecule has 0 atom stereocenters. The van der Waals surface area contributed by atoms with E-state index in [0.717, 1.165) is 59.7 Å². The molecule has 37 heavy (non-hydrogen) atoms. The summed E-state index contributed by atoms with van der Waals surface area (Å²) in [6, 6.07) is 11.8. The fourth-order valence-corrected chi connectivity index (χ4v) is 5.48. The summed E-state index contributed by atoms with van der Waals surface area (Å²) in [6.45, 7) is 3.76. The quantitative estimate of drug-likeness (QED) is 0.372. The van der Waals surface area contributed by atoms with Crippen LogP contribution in [-0.4, -0.2) is 53.8 Å². The molecule has 10 heteroatoms. The highest BCUT2D eigenvalue weighted by Crippen LogP contribution is 2.49. The van der Waals surface area contributed by atoms with E-state index >= 15 is 0 Å². The molecular formula is C27H26N8O2. The van der Waals surface area contributed by atoms with Gasteiger partial charge in [0.15, 0.2) is 5.82 Å². The zero-order valence-corrected chi connectivity index (χ0v) is 20.6. The van der Waals surface area contributed by atoms with E-state index in [1.54, 1.807) is 12.5 Å². The molecule has 5 aromatic rings. The minimum atomic E-state index is -0.159. The largest absolute Gasteiger partial charge is 0.457 e. The van der Waals surface area contributed by atoms with E-state index in [9.17, 15) is 5.11 Å². The van der Waals surface area contributed by atoms with Crippen LogP contribution in [0.2, 0.25) is 0 Å². The number of aliphatic hydroxyl groups is 1. The molecule has 1 aliphatic heterocycles. The molecule has 1 spiro atoms. The first-order valence-electron chi connectivity index (χ1n) is 12.3. The molecule has 0 amide bonds. The number of anilines is 3. The monoisotopic (exact) mass is 494 g/mol. The fourth-order valence-electron chi connectivity index (χ4n) is 5.48. The Morgan fingerprint density at radius 2 is 1.89 bits per heavy atom. The van der Waals surface area contributed by atoms with Crippen molar-refractivity contribution in [3.8, 4) is 11.5 Å². The second-order valence-corrected chi connectivity index (χ2v) is 10.3. The third-order valence-corrected chi connectivity index (χ3v) is 7.40. The number of aromatic nitrogens is 6. The zero-order chi connectivity index (χ0) is 25.1. The van der Waals surface area contributed by atoms with Gasteiger partial charge in [-0.1, -0.05) is 0 Å². The highest BCUT2D eigenvalue weighted by molar-refractivity contribution is 5.87. The van der Waals surface area contributed by atoms with E-state index in [2.05, 4.69) is 30.2 Å². The van der Waals surface area contributed by atoms with Crippen LogP contribution in [0.25, 0.3) is 22.1 Å². The molecule has 2 aliphatic rings. The standard InChI is InChI=1S/C27H26N8O2/c1-16-7-17(3-6-23(16)37-19-4-5-22-20(8-19)31-15-34(22)2)32-25-24-21(29-14-30-25)11-28-26(33-24)35-12-27(13-35)9-18(36)10-27/h3-8,11,14-15,18,36H,9-10,12-13H2,1-2H3,(H,29,30,32). The lowest BCUT2D eigenvalue weighted by Gasteiger charge is -2.57.